The largest absolute Gasteiger partial charge is 0.325 e. The molecular formula is C16H19ClN2O2. The van der Waals surface area contributed by atoms with Crippen LogP contribution in [0.25, 0.3) is 0 Å². The number of alkyl halides is 1. The van der Waals surface area contributed by atoms with E-state index in [1.165, 1.54) is 0 Å². The first-order valence-electron chi connectivity index (χ1n) is 6.88. The molecule has 5 heteroatoms. The molecule has 2 N–H and O–H groups in total. The predicted octanol–water partition coefficient (Wildman–Crippen LogP) is 3.13. The van der Waals surface area contributed by atoms with Crippen molar-refractivity contribution in [1.82, 2.24) is 9.97 Å². The number of aromatic amines is 2. The van der Waals surface area contributed by atoms with E-state index in [-0.39, 0.29) is 11.5 Å². The highest BCUT2D eigenvalue weighted by Crippen LogP contribution is 2.31. The van der Waals surface area contributed by atoms with Crippen molar-refractivity contribution in [2.24, 2.45) is 0 Å². The first-order valence-corrected chi connectivity index (χ1v) is 7.32. The Morgan fingerprint density at radius 3 is 2.10 bits per heavy atom. The monoisotopic (exact) mass is 306 g/mol. The highest BCUT2D eigenvalue weighted by atomic mass is 35.5. The fraction of sp³-hybridized carbons (Fsp3) is 0.375. The molecule has 112 valence electrons. The van der Waals surface area contributed by atoms with Crippen LogP contribution >= 0.6 is 11.6 Å². The van der Waals surface area contributed by atoms with Gasteiger partial charge in [0.05, 0.1) is 11.1 Å². The van der Waals surface area contributed by atoms with Gasteiger partial charge >= 0.3 is 5.69 Å². The lowest BCUT2D eigenvalue weighted by atomic mass is 9.96. The van der Waals surface area contributed by atoms with Crippen molar-refractivity contribution in [2.45, 2.75) is 39.0 Å². The number of aromatic nitrogens is 2. The van der Waals surface area contributed by atoms with Crippen molar-refractivity contribution in [3.63, 3.8) is 0 Å². The Morgan fingerprint density at radius 2 is 1.57 bits per heavy atom. The van der Waals surface area contributed by atoms with Crippen molar-refractivity contribution >= 4 is 11.6 Å². The minimum atomic E-state index is -0.559. The summed E-state index contributed by atoms with van der Waals surface area (Å²) in [6.07, 6.45) is 0. The summed E-state index contributed by atoms with van der Waals surface area (Å²) in [4.78, 5) is 28.6. The molecule has 1 atom stereocenters. The molecule has 0 amide bonds. The van der Waals surface area contributed by atoms with E-state index >= 15 is 0 Å². The van der Waals surface area contributed by atoms with Gasteiger partial charge in [0.1, 0.15) is 0 Å². The summed E-state index contributed by atoms with van der Waals surface area (Å²) in [5.74, 6) is -0.0345. The minimum absolute atomic E-state index is 0.0345. The van der Waals surface area contributed by atoms with Gasteiger partial charge in [-0.2, -0.15) is 0 Å². The number of benzene rings is 1. The van der Waals surface area contributed by atoms with E-state index in [1.54, 1.807) is 0 Å². The average Bonchev–Trinajstić information content (AvgIpc) is 2.35. The molecule has 2 aromatic rings. The molecule has 0 aliphatic heterocycles. The predicted molar refractivity (Wildman–Crippen MR) is 85.4 cm³/mol. The van der Waals surface area contributed by atoms with Crippen LogP contribution in [0.3, 0.4) is 0 Å². The zero-order valence-corrected chi connectivity index (χ0v) is 13.3. The molecule has 0 radical (unpaired) electrons. The van der Waals surface area contributed by atoms with E-state index in [2.05, 4.69) is 16.0 Å². The average molecular weight is 307 g/mol. The smallest absolute Gasteiger partial charge is 0.309 e. The molecular weight excluding hydrogens is 288 g/mol. The Kier molecular flexibility index (Phi) is 4.37. The summed E-state index contributed by atoms with van der Waals surface area (Å²) in [5.41, 5.74) is 3.15. The summed E-state index contributed by atoms with van der Waals surface area (Å²) in [5, 5.41) is -0.559. The first kappa shape index (κ1) is 15.6. The maximum Gasteiger partial charge on any atom is 0.325 e. The van der Waals surface area contributed by atoms with Crippen LogP contribution < -0.4 is 11.2 Å². The third kappa shape index (κ3) is 3.27. The second-order valence-electron chi connectivity index (χ2n) is 5.67. The van der Waals surface area contributed by atoms with E-state index < -0.39 is 11.1 Å². The molecule has 1 aromatic carbocycles. The maximum atomic E-state index is 12.0. The Labute approximate surface area is 128 Å². The zero-order valence-electron chi connectivity index (χ0n) is 12.6. The standard InChI is InChI=1S/C16H19ClN2O2/c1-8(2)12-14(18-16(21)19-15(12)20)13(17)11-6-9(3)5-10(4)7-11/h5-8,13H,1-4H3,(H2,18,19,20,21). The molecule has 0 bridgehead atoms. The van der Waals surface area contributed by atoms with Gasteiger partial charge in [-0.15, -0.1) is 11.6 Å². The Balaban J connectivity index is 2.65. The molecule has 0 saturated heterocycles. The van der Waals surface area contributed by atoms with Crippen molar-refractivity contribution in [2.75, 3.05) is 0 Å². The third-order valence-corrected chi connectivity index (χ3v) is 3.85. The van der Waals surface area contributed by atoms with Crippen molar-refractivity contribution in [3.05, 3.63) is 67.0 Å². The number of rotatable bonds is 3. The van der Waals surface area contributed by atoms with E-state index in [0.29, 0.717) is 11.3 Å². The van der Waals surface area contributed by atoms with Crippen molar-refractivity contribution < 1.29 is 0 Å². The van der Waals surface area contributed by atoms with Crippen LogP contribution in [0.5, 0.6) is 0 Å². The van der Waals surface area contributed by atoms with E-state index in [1.807, 2.05) is 39.8 Å². The topological polar surface area (TPSA) is 65.7 Å². The van der Waals surface area contributed by atoms with Gasteiger partial charge in [-0.1, -0.05) is 43.2 Å². The molecule has 1 aromatic heterocycles. The number of H-pyrrole nitrogens is 2. The molecule has 1 unspecified atom stereocenters. The number of aryl methyl sites for hydroxylation is 2. The molecule has 21 heavy (non-hydrogen) atoms. The highest BCUT2D eigenvalue weighted by molar-refractivity contribution is 6.22. The van der Waals surface area contributed by atoms with Gasteiger partial charge < -0.3 is 4.98 Å². The Bertz CT molecular complexity index is 754. The first-order chi connectivity index (χ1) is 9.79. The van der Waals surface area contributed by atoms with Crippen molar-refractivity contribution in [1.29, 1.82) is 0 Å². The quantitative estimate of drug-likeness (QED) is 0.856. The van der Waals surface area contributed by atoms with Crippen LogP contribution in [0.15, 0.2) is 27.8 Å². The van der Waals surface area contributed by atoms with Crippen LogP contribution in [0.1, 0.15) is 53.1 Å². The molecule has 0 spiro atoms. The molecule has 4 nitrogen and oxygen atoms in total. The van der Waals surface area contributed by atoms with Gasteiger partial charge in [0, 0.05) is 5.56 Å². The normalized spacial score (nSPS) is 12.7. The lowest BCUT2D eigenvalue weighted by molar-refractivity contribution is 0.782. The lowest BCUT2D eigenvalue weighted by Crippen LogP contribution is -2.29. The van der Waals surface area contributed by atoms with Crippen LogP contribution in [-0.4, -0.2) is 9.97 Å². The minimum Gasteiger partial charge on any atom is -0.309 e. The van der Waals surface area contributed by atoms with Crippen molar-refractivity contribution in [3.8, 4) is 0 Å². The van der Waals surface area contributed by atoms with Crippen LogP contribution in [0.4, 0.5) is 0 Å². The second kappa shape index (κ2) is 5.90. The SMILES string of the molecule is Cc1cc(C)cc(C(Cl)c2[nH]c(=O)[nH]c(=O)c2C(C)C)c1. The second-order valence-corrected chi connectivity index (χ2v) is 6.11. The number of halogens is 1. The number of hydrogen-bond donors (Lipinski definition) is 2. The summed E-state index contributed by atoms with van der Waals surface area (Å²) in [6, 6.07) is 5.99. The molecule has 1 heterocycles. The van der Waals surface area contributed by atoms with Gasteiger partial charge in [0.2, 0.25) is 0 Å². The van der Waals surface area contributed by atoms with Gasteiger partial charge in [0.25, 0.3) is 5.56 Å². The Hall–Kier alpha value is -1.81. The summed E-state index contributed by atoms with van der Waals surface area (Å²) >= 11 is 6.55. The fourth-order valence-corrected chi connectivity index (χ4v) is 2.91. The fourth-order valence-electron chi connectivity index (χ4n) is 2.61. The molecule has 0 aliphatic rings. The van der Waals surface area contributed by atoms with E-state index in [9.17, 15) is 9.59 Å². The summed E-state index contributed by atoms with van der Waals surface area (Å²) in [6.45, 7) is 7.78. The zero-order chi connectivity index (χ0) is 15.7. The van der Waals surface area contributed by atoms with E-state index in [4.69, 9.17) is 11.6 Å². The summed E-state index contributed by atoms with van der Waals surface area (Å²) in [7, 11) is 0. The lowest BCUT2D eigenvalue weighted by Gasteiger charge is -2.17. The van der Waals surface area contributed by atoms with Crippen LogP contribution in [0.2, 0.25) is 0 Å². The number of hydrogen-bond acceptors (Lipinski definition) is 2. The number of nitrogens with one attached hydrogen (secondary N) is 2. The molecule has 0 saturated carbocycles. The van der Waals surface area contributed by atoms with Gasteiger partial charge in [-0.05, 0) is 25.3 Å². The van der Waals surface area contributed by atoms with E-state index in [0.717, 1.165) is 16.7 Å². The Morgan fingerprint density at radius 1 is 1.00 bits per heavy atom. The van der Waals surface area contributed by atoms with Gasteiger partial charge in [-0.25, -0.2) is 4.79 Å². The molecule has 0 aliphatic carbocycles. The maximum absolute atomic E-state index is 12.0. The molecule has 0 fully saturated rings. The van der Waals surface area contributed by atoms with Crippen LogP contribution in [-0.2, 0) is 0 Å². The highest BCUT2D eigenvalue weighted by Gasteiger charge is 2.21. The van der Waals surface area contributed by atoms with Gasteiger partial charge in [0.15, 0.2) is 0 Å². The third-order valence-electron chi connectivity index (χ3n) is 3.38. The molecule has 2 rings (SSSR count). The summed E-state index contributed by atoms with van der Waals surface area (Å²) < 4.78 is 0. The van der Waals surface area contributed by atoms with Crippen LogP contribution in [0, 0.1) is 13.8 Å². The van der Waals surface area contributed by atoms with Gasteiger partial charge in [-0.3, -0.25) is 9.78 Å².